The number of rotatable bonds is 5. The fourth-order valence-corrected chi connectivity index (χ4v) is 4.93. The summed E-state index contributed by atoms with van der Waals surface area (Å²) < 4.78 is 4.91. The molecule has 0 aromatic carbocycles. The Morgan fingerprint density at radius 3 is 2.42 bits per heavy atom. The number of methoxy groups -OCH3 is 1. The zero-order chi connectivity index (χ0) is 18.5. The first-order chi connectivity index (χ1) is 12.6. The summed E-state index contributed by atoms with van der Waals surface area (Å²) >= 11 is 0. The van der Waals surface area contributed by atoms with Crippen LogP contribution in [0.15, 0.2) is 0 Å². The predicted octanol–water partition coefficient (Wildman–Crippen LogP) is 1.81. The maximum Gasteiger partial charge on any atom is 0.328 e. The highest BCUT2D eigenvalue weighted by Crippen LogP contribution is 2.40. The molecule has 1 saturated heterocycles. The number of nitrogens with zero attached hydrogens (tertiary/aromatic N) is 1. The van der Waals surface area contributed by atoms with E-state index in [0.29, 0.717) is 24.8 Å². The molecule has 2 aliphatic carbocycles. The smallest absolute Gasteiger partial charge is 0.328 e. The molecule has 7 nitrogen and oxygen atoms in total. The molecule has 0 spiro atoms. The standard InChI is InChI=1S/C19H31N3O4/c1-26-18(24)16-10-14-8-4-5-9-15(14)22(16)17(23)12-21-19(25)20-11-13-6-2-3-7-13/h13-16H,2-12H2,1H3,(H2,20,21,25)/t14-,15-,16-/m0/s1. The van der Waals surface area contributed by atoms with Crippen molar-refractivity contribution in [3.8, 4) is 0 Å². The Labute approximate surface area is 155 Å². The zero-order valence-electron chi connectivity index (χ0n) is 15.7. The van der Waals surface area contributed by atoms with Crippen LogP contribution in [0.25, 0.3) is 0 Å². The van der Waals surface area contributed by atoms with Crippen molar-refractivity contribution in [3.05, 3.63) is 0 Å². The molecule has 0 bridgehead atoms. The second-order valence-corrected chi connectivity index (χ2v) is 7.90. The summed E-state index contributed by atoms with van der Waals surface area (Å²) in [5.41, 5.74) is 0. The third kappa shape index (κ3) is 4.30. The van der Waals surface area contributed by atoms with Crippen LogP contribution >= 0.6 is 0 Å². The molecule has 3 rings (SSSR count). The van der Waals surface area contributed by atoms with Gasteiger partial charge in [0.2, 0.25) is 5.91 Å². The lowest BCUT2D eigenvalue weighted by Crippen LogP contribution is -2.51. The van der Waals surface area contributed by atoms with Crippen LogP contribution in [0.5, 0.6) is 0 Å². The SMILES string of the molecule is COC(=O)[C@@H]1C[C@@H]2CCCC[C@@H]2N1C(=O)CNC(=O)NCC1CCCC1. The summed E-state index contributed by atoms with van der Waals surface area (Å²) in [5, 5.41) is 5.52. The summed E-state index contributed by atoms with van der Waals surface area (Å²) in [6.45, 7) is 0.590. The molecule has 0 aromatic heterocycles. The first-order valence-corrected chi connectivity index (χ1v) is 10.0. The van der Waals surface area contributed by atoms with E-state index in [9.17, 15) is 14.4 Å². The molecular weight excluding hydrogens is 334 g/mol. The number of fused-ring (bicyclic) bond motifs is 1. The maximum atomic E-state index is 12.8. The van der Waals surface area contributed by atoms with E-state index in [1.165, 1.54) is 20.0 Å². The van der Waals surface area contributed by atoms with Crippen molar-refractivity contribution in [2.75, 3.05) is 20.2 Å². The van der Waals surface area contributed by atoms with Crippen LogP contribution in [-0.4, -0.2) is 55.1 Å². The van der Waals surface area contributed by atoms with E-state index in [1.807, 2.05) is 0 Å². The van der Waals surface area contributed by atoms with E-state index in [-0.39, 0.29) is 30.5 Å². The minimum absolute atomic E-state index is 0.0762. The van der Waals surface area contributed by atoms with Gasteiger partial charge < -0.3 is 20.3 Å². The summed E-state index contributed by atoms with van der Waals surface area (Å²) in [6, 6.07) is -0.716. The molecule has 1 aliphatic heterocycles. The minimum atomic E-state index is -0.510. The topological polar surface area (TPSA) is 87.7 Å². The third-order valence-corrected chi connectivity index (χ3v) is 6.28. The van der Waals surface area contributed by atoms with Gasteiger partial charge >= 0.3 is 12.0 Å². The van der Waals surface area contributed by atoms with Crippen molar-refractivity contribution in [1.29, 1.82) is 0 Å². The Morgan fingerprint density at radius 1 is 1.00 bits per heavy atom. The fourth-order valence-electron chi connectivity index (χ4n) is 4.93. The molecule has 2 N–H and O–H groups in total. The van der Waals surface area contributed by atoms with Gasteiger partial charge in [-0.25, -0.2) is 9.59 Å². The fraction of sp³-hybridized carbons (Fsp3) is 0.842. The van der Waals surface area contributed by atoms with Crippen LogP contribution in [0.1, 0.15) is 57.8 Å². The lowest BCUT2D eigenvalue weighted by atomic mass is 9.85. The second kappa shape index (κ2) is 8.73. The molecule has 3 aliphatic rings. The predicted molar refractivity (Wildman–Crippen MR) is 96.4 cm³/mol. The van der Waals surface area contributed by atoms with Gasteiger partial charge in [0.1, 0.15) is 6.04 Å². The Morgan fingerprint density at radius 2 is 1.69 bits per heavy atom. The van der Waals surface area contributed by atoms with Crippen LogP contribution in [0.4, 0.5) is 4.79 Å². The van der Waals surface area contributed by atoms with Crippen molar-refractivity contribution in [1.82, 2.24) is 15.5 Å². The van der Waals surface area contributed by atoms with Gasteiger partial charge in [-0.1, -0.05) is 25.7 Å². The maximum absolute atomic E-state index is 12.8. The number of carbonyl (C=O) groups is 3. The quantitative estimate of drug-likeness (QED) is 0.728. The number of likely N-dealkylation sites (tertiary alicyclic amines) is 1. The number of hydrogen-bond acceptors (Lipinski definition) is 4. The number of nitrogens with one attached hydrogen (secondary N) is 2. The van der Waals surface area contributed by atoms with Crippen molar-refractivity contribution in [2.24, 2.45) is 11.8 Å². The molecule has 3 atom stereocenters. The van der Waals surface area contributed by atoms with Gasteiger partial charge in [-0.2, -0.15) is 0 Å². The highest BCUT2D eigenvalue weighted by atomic mass is 16.5. The Kier molecular flexibility index (Phi) is 6.38. The molecule has 0 aromatic rings. The first kappa shape index (κ1) is 19.0. The van der Waals surface area contributed by atoms with Gasteiger partial charge in [-0.15, -0.1) is 0 Å². The van der Waals surface area contributed by atoms with Crippen molar-refractivity contribution >= 4 is 17.9 Å². The van der Waals surface area contributed by atoms with Gasteiger partial charge in [0.15, 0.2) is 0 Å². The molecular formula is C19H31N3O4. The summed E-state index contributed by atoms with van der Waals surface area (Å²) in [4.78, 5) is 38.6. The third-order valence-electron chi connectivity index (χ3n) is 6.28. The summed E-state index contributed by atoms with van der Waals surface area (Å²) in [7, 11) is 1.36. The van der Waals surface area contributed by atoms with E-state index in [2.05, 4.69) is 10.6 Å². The number of hydrogen-bond donors (Lipinski definition) is 2. The highest BCUT2D eigenvalue weighted by molar-refractivity contribution is 5.89. The minimum Gasteiger partial charge on any atom is -0.467 e. The lowest BCUT2D eigenvalue weighted by molar-refractivity contribution is -0.152. The normalized spacial score (nSPS) is 28.5. The molecule has 3 amide bonds. The van der Waals surface area contributed by atoms with E-state index < -0.39 is 6.04 Å². The molecule has 2 saturated carbocycles. The van der Waals surface area contributed by atoms with Crippen molar-refractivity contribution in [3.63, 3.8) is 0 Å². The van der Waals surface area contributed by atoms with Crippen LogP contribution in [-0.2, 0) is 14.3 Å². The van der Waals surface area contributed by atoms with E-state index in [0.717, 1.165) is 38.5 Å². The average Bonchev–Trinajstić information content (AvgIpc) is 3.31. The van der Waals surface area contributed by atoms with Crippen LogP contribution in [0, 0.1) is 11.8 Å². The number of ether oxygens (including phenoxy) is 1. The molecule has 26 heavy (non-hydrogen) atoms. The molecule has 3 fully saturated rings. The van der Waals surface area contributed by atoms with Crippen LogP contribution in [0.3, 0.4) is 0 Å². The zero-order valence-corrected chi connectivity index (χ0v) is 15.7. The largest absolute Gasteiger partial charge is 0.467 e. The average molecular weight is 365 g/mol. The Hall–Kier alpha value is -1.79. The van der Waals surface area contributed by atoms with Crippen LogP contribution < -0.4 is 10.6 Å². The molecule has 146 valence electrons. The van der Waals surface area contributed by atoms with Crippen LogP contribution in [0.2, 0.25) is 0 Å². The monoisotopic (exact) mass is 365 g/mol. The number of carbonyl (C=O) groups excluding carboxylic acids is 3. The van der Waals surface area contributed by atoms with Gasteiger partial charge in [-0.3, -0.25) is 4.79 Å². The molecule has 0 unspecified atom stereocenters. The number of amides is 3. The highest BCUT2D eigenvalue weighted by Gasteiger charge is 2.47. The number of esters is 1. The van der Waals surface area contributed by atoms with E-state index in [1.54, 1.807) is 4.90 Å². The molecule has 1 heterocycles. The van der Waals surface area contributed by atoms with Gasteiger partial charge in [0.05, 0.1) is 13.7 Å². The van der Waals surface area contributed by atoms with Gasteiger partial charge in [-0.05, 0) is 43.9 Å². The van der Waals surface area contributed by atoms with E-state index in [4.69, 9.17) is 4.74 Å². The summed E-state index contributed by atoms with van der Waals surface area (Å²) in [6.07, 6.45) is 9.69. The first-order valence-electron chi connectivity index (χ1n) is 10.0. The van der Waals surface area contributed by atoms with E-state index >= 15 is 0 Å². The van der Waals surface area contributed by atoms with Gasteiger partial charge in [0, 0.05) is 12.6 Å². The lowest BCUT2D eigenvalue weighted by Gasteiger charge is -2.33. The number of urea groups is 1. The molecule has 7 heteroatoms. The molecule has 0 radical (unpaired) electrons. The van der Waals surface area contributed by atoms with Crippen molar-refractivity contribution in [2.45, 2.75) is 69.9 Å². The summed E-state index contributed by atoms with van der Waals surface area (Å²) in [5.74, 6) is 0.388. The van der Waals surface area contributed by atoms with Crippen molar-refractivity contribution < 1.29 is 19.1 Å². The van der Waals surface area contributed by atoms with Gasteiger partial charge in [0.25, 0.3) is 0 Å². The Bertz CT molecular complexity index is 533. The second-order valence-electron chi connectivity index (χ2n) is 7.90. The Balaban J connectivity index is 1.52.